The molecule has 35 heavy (non-hydrogen) atoms. The Morgan fingerprint density at radius 3 is 1.86 bits per heavy atom. The molecule has 3 aromatic rings. The van der Waals surface area contributed by atoms with Crippen molar-refractivity contribution in [3.8, 4) is 11.3 Å². The Balaban J connectivity index is 1.25. The quantitative estimate of drug-likeness (QED) is 0.439. The molecule has 1 aromatic carbocycles. The van der Waals surface area contributed by atoms with Gasteiger partial charge in [0.15, 0.2) is 0 Å². The standard InChI is InChI=1S/C27H30N6O2/c28-25(31-11-15-34-16-12-31)8-3-21-1-6-23(7-2-21)24-20-33-19-22(5-10-27(33)30-24)4-9-26(29)32-13-17-35-18-14-32/h1-10,19-20,28-29H,11-18H2. The van der Waals surface area contributed by atoms with E-state index in [2.05, 4.69) is 12.1 Å². The first-order valence-corrected chi connectivity index (χ1v) is 11.9. The summed E-state index contributed by atoms with van der Waals surface area (Å²) in [4.78, 5) is 8.82. The predicted octanol–water partition coefficient (Wildman–Crippen LogP) is 3.65. The second-order valence-electron chi connectivity index (χ2n) is 8.61. The number of aromatic nitrogens is 2. The van der Waals surface area contributed by atoms with Crippen LogP contribution >= 0.6 is 0 Å². The fourth-order valence-corrected chi connectivity index (χ4v) is 4.18. The van der Waals surface area contributed by atoms with Crippen LogP contribution in [0.1, 0.15) is 11.1 Å². The van der Waals surface area contributed by atoms with Crippen molar-refractivity contribution in [2.75, 3.05) is 52.6 Å². The summed E-state index contributed by atoms with van der Waals surface area (Å²) in [5, 5.41) is 16.5. The van der Waals surface area contributed by atoms with Gasteiger partial charge < -0.3 is 23.7 Å². The lowest BCUT2D eigenvalue weighted by molar-refractivity contribution is 0.0681. The van der Waals surface area contributed by atoms with Gasteiger partial charge in [-0.15, -0.1) is 0 Å². The highest BCUT2D eigenvalue weighted by Crippen LogP contribution is 2.21. The van der Waals surface area contributed by atoms with Crippen molar-refractivity contribution in [3.63, 3.8) is 0 Å². The molecule has 2 aliphatic heterocycles. The summed E-state index contributed by atoms with van der Waals surface area (Å²) >= 11 is 0. The zero-order valence-electron chi connectivity index (χ0n) is 19.7. The highest BCUT2D eigenvalue weighted by Gasteiger charge is 2.12. The number of fused-ring (bicyclic) bond motifs is 1. The van der Waals surface area contributed by atoms with Crippen LogP contribution in [0.3, 0.4) is 0 Å². The van der Waals surface area contributed by atoms with Crippen LogP contribution in [0.4, 0.5) is 0 Å². The van der Waals surface area contributed by atoms with Crippen molar-refractivity contribution in [1.29, 1.82) is 10.8 Å². The molecule has 5 rings (SSSR count). The number of benzene rings is 1. The Hall–Kier alpha value is -3.75. The van der Waals surface area contributed by atoms with E-state index in [4.69, 9.17) is 25.3 Å². The number of ether oxygens (including phenoxy) is 2. The number of morpholine rings is 2. The highest BCUT2D eigenvalue weighted by molar-refractivity contribution is 5.94. The summed E-state index contributed by atoms with van der Waals surface area (Å²) in [6.07, 6.45) is 11.7. The Morgan fingerprint density at radius 2 is 1.26 bits per heavy atom. The summed E-state index contributed by atoms with van der Waals surface area (Å²) in [7, 11) is 0. The van der Waals surface area contributed by atoms with Crippen molar-refractivity contribution >= 4 is 29.5 Å². The zero-order chi connectivity index (χ0) is 24.0. The maximum Gasteiger partial charge on any atom is 0.137 e. The summed E-state index contributed by atoms with van der Waals surface area (Å²) < 4.78 is 12.7. The lowest BCUT2D eigenvalue weighted by Crippen LogP contribution is -2.39. The minimum atomic E-state index is 0.508. The monoisotopic (exact) mass is 470 g/mol. The summed E-state index contributed by atoms with van der Waals surface area (Å²) in [5.74, 6) is 1.02. The Morgan fingerprint density at radius 1 is 0.714 bits per heavy atom. The van der Waals surface area contributed by atoms with Gasteiger partial charge in [0.2, 0.25) is 0 Å². The molecule has 2 N–H and O–H groups in total. The van der Waals surface area contributed by atoms with E-state index >= 15 is 0 Å². The lowest BCUT2D eigenvalue weighted by Gasteiger charge is -2.27. The number of rotatable bonds is 5. The van der Waals surface area contributed by atoms with Crippen molar-refractivity contribution in [2.24, 2.45) is 0 Å². The van der Waals surface area contributed by atoms with E-state index < -0.39 is 0 Å². The Kier molecular flexibility index (Phi) is 7.02. The maximum atomic E-state index is 8.28. The first-order chi connectivity index (χ1) is 17.2. The van der Waals surface area contributed by atoms with Gasteiger partial charge in [-0.05, 0) is 41.5 Å². The first-order valence-electron chi connectivity index (χ1n) is 11.9. The molecule has 0 bridgehead atoms. The Bertz CT molecular complexity index is 1250. The fourth-order valence-electron chi connectivity index (χ4n) is 4.18. The van der Waals surface area contributed by atoms with Gasteiger partial charge in [0.1, 0.15) is 17.3 Å². The number of amidine groups is 2. The van der Waals surface area contributed by atoms with Gasteiger partial charge in [-0.1, -0.05) is 30.3 Å². The average molecular weight is 471 g/mol. The number of nitrogens with zero attached hydrogens (tertiary/aromatic N) is 4. The molecule has 0 atom stereocenters. The second-order valence-corrected chi connectivity index (χ2v) is 8.61. The van der Waals surface area contributed by atoms with Gasteiger partial charge in [0.25, 0.3) is 0 Å². The molecule has 2 aliphatic rings. The molecule has 0 amide bonds. The SMILES string of the molecule is N=C(C=Cc1ccc(-c2cn3cc(C=CC(=N)N4CCOCC4)ccc3n2)cc1)N1CCOCC1. The van der Waals surface area contributed by atoms with Crippen LogP contribution in [0.25, 0.3) is 29.1 Å². The van der Waals surface area contributed by atoms with Gasteiger partial charge in [-0.2, -0.15) is 0 Å². The van der Waals surface area contributed by atoms with E-state index in [-0.39, 0.29) is 0 Å². The van der Waals surface area contributed by atoms with Crippen molar-refractivity contribution in [3.05, 3.63) is 72.1 Å². The molecule has 2 saturated heterocycles. The Labute approximate surface area is 205 Å². The van der Waals surface area contributed by atoms with E-state index in [1.807, 2.05) is 75.2 Å². The molecule has 2 fully saturated rings. The van der Waals surface area contributed by atoms with Crippen LogP contribution in [0.2, 0.25) is 0 Å². The van der Waals surface area contributed by atoms with E-state index in [0.29, 0.717) is 38.1 Å². The molecule has 4 heterocycles. The van der Waals surface area contributed by atoms with Crippen LogP contribution in [-0.4, -0.2) is 83.5 Å². The number of nitrogens with one attached hydrogen (secondary N) is 2. The topological polar surface area (TPSA) is 89.9 Å². The number of hydrogen-bond donors (Lipinski definition) is 2. The van der Waals surface area contributed by atoms with Gasteiger partial charge in [0, 0.05) is 44.1 Å². The summed E-state index contributed by atoms with van der Waals surface area (Å²) in [6, 6.07) is 12.2. The third kappa shape index (κ3) is 5.67. The van der Waals surface area contributed by atoms with Gasteiger partial charge >= 0.3 is 0 Å². The maximum absolute atomic E-state index is 8.28. The van der Waals surface area contributed by atoms with Gasteiger partial charge in [-0.25, -0.2) is 4.98 Å². The third-order valence-electron chi connectivity index (χ3n) is 6.25. The molecule has 8 heteroatoms. The largest absolute Gasteiger partial charge is 0.378 e. The van der Waals surface area contributed by atoms with Crippen LogP contribution in [0.5, 0.6) is 0 Å². The molecule has 180 valence electrons. The lowest BCUT2D eigenvalue weighted by atomic mass is 10.1. The molecule has 2 aromatic heterocycles. The average Bonchev–Trinajstić information content (AvgIpc) is 3.35. The molecule has 0 saturated carbocycles. The molecular weight excluding hydrogens is 440 g/mol. The van der Waals surface area contributed by atoms with E-state index in [0.717, 1.165) is 54.2 Å². The molecule has 8 nitrogen and oxygen atoms in total. The molecule has 0 radical (unpaired) electrons. The number of pyridine rings is 1. The van der Waals surface area contributed by atoms with Gasteiger partial charge in [-0.3, -0.25) is 10.8 Å². The predicted molar refractivity (Wildman–Crippen MR) is 139 cm³/mol. The van der Waals surface area contributed by atoms with Crippen molar-refractivity contribution in [2.45, 2.75) is 0 Å². The normalized spacial score (nSPS) is 17.0. The van der Waals surface area contributed by atoms with Gasteiger partial charge in [0.05, 0.1) is 32.1 Å². The minimum Gasteiger partial charge on any atom is -0.378 e. The van der Waals surface area contributed by atoms with E-state index in [1.165, 1.54) is 0 Å². The third-order valence-corrected chi connectivity index (χ3v) is 6.25. The van der Waals surface area contributed by atoms with Crippen molar-refractivity contribution in [1.82, 2.24) is 19.2 Å². The molecule has 0 aliphatic carbocycles. The molecule has 0 spiro atoms. The first kappa shape index (κ1) is 23.0. The zero-order valence-corrected chi connectivity index (χ0v) is 19.7. The van der Waals surface area contributed by atoms with E-state index in [9.17, 15) is 0 Å². The molecule has 0 unspecified atom stereocenters. The number of hydrogen-bond acceptors (Lipinski definition) is 5. The smallest absolute Gasteiger partial charge is 0.137 e. The fraction of sp³-hybridized carbons (Fsp3) is 0.296. The summed E-state index contributed by atoms with van der Waals surface area (Å²) in [5.41, 5.74) is 4.89. The number of imidazole rings is 1. The van der Waals surface area contributed by atoms with Crippen LogP contribution in [0, 0.1) is 10.8 Å². The second kappa shape index (κ2) is 10.7. The highest BCUT2D eigenvalue weighted by atomic mass is 16.5. The van der Waals surface area contributed by atoms with Crippen molar-refractivity contribution < 1.29 is 9.47 Å². The summed E-state index contributed by atoms with van der Waals surface area (Å²) in [6.45, 7) is 5.77. The van der Waals surface area contributed by atoms with E-state index in [1.54, 1.807) is 0 Å². The van der Waals surface area contributed by atoms with Crippen LogP contribution < -0.4 is 0 Å². The van der Waals surface area contributed by atoms with Crippen LogP contribution in [0.15, 0.2) is 60.9 Å². The minimum absolute atomic E-state index is 0.508. The molecular formula is C27H30N6O2. The van der Waals surface area contributed by atoms with Crippen LogP contribution in [-0.2, 0) is 9.47 Å².